The lowest BCUT2D eigenvalue weighted by atomic mass is 10.1. The second-order valence-corrected chi connectivity index (χ2v) is 5.92. The first-order valence-electron chi connectivity index (χ1n) is 7.69. The van der Waals surface area contributed by atoms with Crippen LogP contribution in [0.3, 0.4) is 0 Å². The predicted octanol–water partition coefficient (Wildman–Crippen LogP) is 1.44. The smallest absolute Gasteiger partial charge is 0.123 e. The first-order chi connectivity index (χ1) is 10.2. The summed E-state index contributed by atoms with van der Waals surface area (Å²) in [6.45, 7) is 7.70. The van der Waals surface area contributed by atoms with Gasteiger partial charge in [-0.05, 0) is 25.1 Å². The van der Waals surface area contributed by atoms with Gasteiger partial charge in [-0.3, -0.25) is 4.90 Å². The van der Waals surface area contributed by atoms with Crippen molar-refractivity contribution in [1.29, 1.82) is 0 Å². The number of ether oxygens (including phenoxy) is 2. The quantitative estimate of drug-likeness (QED) is 0.891. The molecule has 0 bridgehead atoms. The van der Waals surface area contributed by atoms with Gasteiger partial charge in [-0.2, -0.15) is 0 Å². The van der Waals surface area contributed by atoms with Gasteiger partial charge in [-0.15, -0.1) is 0 Å². The Hall–Kier alpha value is -1.17. The average molecular weight is 294 g/mol. The minimum Gasteiger partial charge on any atom is -0.488 e. The zero-order valence-electron chi connectivity index (χ0n) is 12.5. The van der Waals surface area contributed by atoms with Gasteiger partial charge in [0.15, 0.2) is 0 Å². The fraction of sp³-hybridized carbons (Fsp3) is 0.625. The zero-order chi connectivity index (χ0) is 14.7. The van der Waals surface area contributed by atoms with Gasteiger partial charge in [-0.25, -0.2) is 4.39 Å². The van der Waals surface area contributed by atoms with E-state index in [1.54, 1.807) is 12.1 Å². The number of nitrogens with one attached hydrogen (secondary N) is 1. The van der Waals surface area contributed by atoms with Crippen LogP contribution in [0.1, 0.15) is 12.5 Å². The van der Waals surface area contributed by atoms with Crippen molar-refractivity contribution in [2.75, 3.05) is 39.4 Å². The van der Waals surface area contributed by atoms with Crippen LogP contribution in [0.15, 0.2) is 18.2 Å². The van der Waals surface area contributed by atoms with Gasteiger partial charge in [0.05, 0.1) is 13.2 Å². The molecule has 2 heterocycles. The summed E-state index contributed by atoms with van der Waals surface area (Å²) >= 11 is 0. The van der Waals surface area contributed by atoms with Crippen LogP contribution >= 0.6 is 0 Å². The summed E-state index contributed by atoms with van der Waals surface area (Å²) in [5.41, 5.74) is 0.975. The molecule has 21 heavy (non-hydrogen) atoms. The molecule has 2 aliphatic heterocycles. The SMILES string of the molecule is CC(CN1CCOCC1)NCC1Cc2cc(F)ccc2O1. The second-order valence-electron chi connectivity index (χ2n) is 5.92. The molecule has 1 aromatic carbocycles. The fourth-order valence-corrected chi connectivity index (χ4v) is 2.97. The van der Waals surface area contributed by atoms with E-state index < -0.39 is 0 Å². The molecule has 1 aromatic rings. The number of hydrogen-bond acceptors (Lipinski definition) is 4. The van der Waals surface area contributed by atoms with Crippen molar-refractivity contribution in [3.05, 3.63) is 29.6 Å². The first-order valence-corrected chi connectivity index (χ1v) is 7.69. The van der Waals surface area contributed by atoms with Crippen LogP contribution < -0.4 is 10.1 Å². The summed E-state index contributed by atoms with van der Waals surface area (Å²) in [5.74, 6) is 0.635. The highest BCUT2D eigenvalue weighted by Crippen LogP contribution is 2.28. The highest BCUT2D eigenvalue weighted by atomic mass is 19.1. The van der Waals surface area contributed by atoms with E-state index in [0.29, 0.717) is 6.04 Å². The Morgan fingerprint density at radius 2 is 2.19 bits per heavy atom. The monoisotopic (exact) mass is 294 g/mol. The maximum absolute atomic E-state index is 13.2. The zero-order valence-corrected chi connectivity index (χ0v) is 12.5. The minimum absolute atomic E-state index is 0.105. The maximum atomic E-state index is 13.2. The third-order valence-electron chi connectivity index (χ3n) is 4.09. The van der Waals surface area contributed by atoms with Gasteiger partial charge in [0.2, 0.25) is 0 Å². The average Bonchev–Trinajstić information content (AvgIpc) is 2.88. The number of rotatable bonds is 5. The third kappa shape index (κ3) is 3.93. The molecule has 2 atom stereocenters. The summed E-state index contributed by atoms with van der Waals surface area (Å²) in [4.78, 5) is 2.42. The Bertz CT molecular complexity index is 477. The van der Waals surface area contributed by atoms with Crippen molar-refractivity contribution in [2.45, 2.75) is 25.5 Å². The van der Waals surface area contributed by atoms with Gasteiger partial charge in [-0.1, -0.05) is 0 Å². The Morgan fingerprint density at radius 1 is 1.38 bits per heavy atom. The Morgan fingerprint density at radius 3 is 3.00 bits per heavy atom. The van der Waals surface area contributed by atoms with E-state index in [4.69, 9.17) is 9.47 Å². The van der Waals surface area contributed by atoms with E-state index >= 15 is 0 Å². The molecule has 0 aromatic heterocycles. The predicted molar refractivity (Wildman–Crippen MR) is 79.2 cm³/mol. The van der Waals surface area contributed by atoms with Crippen LogP contribution in [0.5, 0.6) is 5.75 Å². The van der Waals surface area contributed by atoms with E-state index in [1.165, 1.54) is 6.07 Å². The molecule has 1 fully saturated rings. The van der Waals surface area contributed by atoms with Crippen LogP contribution in [0.25, 0.3) is 0 Å². The second kappa shape index (κ2) is 6.73. The molecular weight excluding hydrogens is 271 g/mol. The molecule has 116 valence electrons. The summed E-state index contributed by atoms with van der Waals surface area (Å²) in [7, 11) is 0. The molecule has 0 amide bonds. The van der Waals surface area contributed by atoms with E-state index in [1.807, 2.05) is 0 Å². The number of morpholine rings is 1. The molecule has 1 N–H and O–H groups in total. The van der Waals surface area contributed by atoms with E-state index in [0.717, 1.165) is 57.1 Å². The van der Waals surface area contributed by atoms with Crippen molar-refractivity contribution in [2.24, 2.45) is 0 Å². The van der Waals surface area contributed by atoms with Crippen LogP contribution in [0.2, 0.25) is 0 Å². The summed E-state index contributed by atoms with van der Waals surface area (Å²) < 4.78 is 24.4. The number of nitrogens with zero attached hydrogens (tertiary/aromatic N) is 1. The van der Waals surface area contributed by atoms with Crippen molar-refractivity contribution in [1.82, 2.24) is 10.2 Å². The standard InChI is InChI=1S/C16H23FN2O2/c1-12(11-19-4-6-20-7-5-19)18-10-15-9-13-8-14(17)2-3-16(13)21-15/h2-3,8,12,15,18H,4-7,9-11H2,1H3. The number of hydrogen-bond donors (Lipinski definition) is 1. The lowest BCUT2D eigenvalue weighted by molar-refractivity contribution is 0.0339. The van der Waals surface area contributed by atoms with E-state index in [-0.39, 0.29) is 11.9 Å². The lowest BCUT2D eigenvalue weighted by Gasteiger charge is -2.29. The number of benzene rings is 1. The molecule has 5 heteroatoms. The largest absolute Gasteiger partial charge is 0.488 e. The molecule has 2 unspecified atom stereocenters. The van der Waals surface area contributed by atoms with E-state index in [2.05, 4.69) is 17.1 Å². The maximum Gasteiger partial charge on any atom is 0.123 e. The summed E-state index contributed by atoms with van der Waals surface area (Å²) in [5, 5.41) is 3.52. The van der Waals surface area contributed by atoms with Crippen molar-refractivity contribution >= 4 is 0 Å². The van der Waals surface area contributed by atoms with Gasteiger partial charge in [0.1, 0.15) is 17.7 Å². The van der Waals surface area contributed by atoms with Crippen molar-refractivity contribution in [3.63, 3.8) is 0 Å². The molecule has 3 rings (SSSR count). The number of halogens is 1. The molecule has 0 spiro atoms. The van der Waals surface area contributed by atoms with Crippen molar-refractivity contribution in [3.8, 4) is 5.75 Å². The van der Waals surface area contributed by atoms with Gasteiger partial charge >= 0.3 is 0 Å². The summed E-state index contributed by atoms with van der Waals surface area (Å²) in [6, 6.07) is 5.16. The molecular formula is C16H23FN2O2. The minimum atomic E-state index is -0.188. The normalized spacial score (nSPS) is 23.6. The van der Waals surface area contributed by atoms with Crippen LogP contribution in [-0.2, 0) is 11.2 Å². The van der Waals surface area contributed by atoms with Gasteiger partial charge in [0, 0.05) is 44.2 Å². The van der Waals surface area contributed by atoms with Crippen LogP contribution in [-0.4, -0.2) is 56.4 Å². The Kier molecular flexibility index (Phi) is 4.73. The third-order valence-corrected chi connectivity index (χ3v) is 4.09. The highest BCUT2D eigenvalue weighted by molar-refractivity contribution is 5.37. The van der Waals surface area contributed by atoms with Crippen LogP contribution in [0.4, 0.5) is 4.39 Å². The molecule has 0 radical (unpaired) electrons. The number of fused-ring (bicyclic) bond motifs is 1. The molecule has 0 aliphatic carbocycles. The summed E-state index contributed by atoms with van der Waals surface area (Å²) in [6.07, 6.45) is 0.888. The van der Waals surface area contributed by atoms with E-state index in [9.17, 15) is 4.39 Å². The fourth-order valence-electron chi connectivity index (χ4n) is 2.97. The van der Waals surface area contributed by atoms with Gasteiger partial charge < -0.3 is 14.8 Å². The molecule has 2 aliphatic rings. The topological polar surface area (TPSA) is 33.7 Å². The highest BCUT2D eigenvalue weighted by Gasteiger charge is 2.23. The molecule has 0 saturated carbocycles. The van der Waals surface area contributed by atoms with Crippen LogP contribution in [0, 0.1) is 5.82 Å². The Balaban J connectivity index is 1.42. The lowest BCUT2D eigenvalue weighted by Crippen LogP contribution is -2.46. The molecule has 1 saturated heterocycles. The molecule has 4 nitrogen and oxygen atoms in total. The Labute approximate surface area is 125 Å². The van der Waals surface area contributed by atoms with Gasteiger partial charge in [0.25, 0.3) is 0 Å². The van der Waals surface area contributed by atoms with Crippen molar-refractivity contribution < 1.29 is 13.9 Å². The first kappa shape index (κ1) is 14.8.